The fourth-order valence-electron chi connectivity index (χ4n) is 4.58. The van der Waals surface area contributed by atoms with Gasteiger partial charge in [-0.15, -0.1) is 0 Å². The molecule has 0 unspecified atom stereocenters. The summed E-state index contributed by atoms with van der Waals surface area (Å²) in [6.45, 7) is 6.94. The van der Waals surface area contributed by atoms with Crippen molar-refractivity contribution in [2.75, 3.05) is 31.1 Å². The molecule has 2 aliphatic heterocycles. The summed E-state index contributed by atoms with van der Waals surface area (Å²) < 4.78 is 0. The zero-order valence-electron chi connectivity index (χ0n) is 18.1. The van der Waals surface area contributed by atoms with Crippen LogP contribution in [0.4, 0.5) is 5.69 Å². The largest absolute Gasteiger partial charge is 0.370 e. The number of benzene rings is 1. The Morgan fingerprint density at radius 2 is 1.84 bits per heavy atom. The topological polar surface area (TPSA) is 73.8 Å². The molecule has 0 N–H and O–H groups in total. The minimum atomic E-state index is -0.274. The zero-order chi connectivity index (χ0) is 22.0. The van der Waals surface area contributed by atoms with E-state index in [4.69, 9.17) is 0 Å². The van der Waals surface area contributed by atoms with Crippen LogP contribution in [0.2, 0.25) is 0 Å². The van der Waals surface area contributed by atoms with Gasteiger partial charge in [-0.25, -0.2) is 0 Å². The minimum absolute atomic E-state index is 0.0929. The number of nitrogens with zero attached hydrogens (tertiary/aromatic N) is 4. The second-order valence-electron chi connectivity index (χ2n) is 8.05. The van der Waals surface area contributed by atoms with Crippen molar-refractivity contribution in [2.45, 2.75) is 33.2 Å². The molecule has 1 saturated heterocycles. The molecule has 2 aliphatic rings. The number of hydrogen-bond acceptors (Lipinski definition) is 5. The number of pyridine rings is 1. The van der Waals surface area contributed by atoms with Gasteiger partial charge < -0.3 is 9.80 Å². The molecule has 162 valence electrons. The molecule has 0 bridgehead atoms. The van der Waals surface area contributed by atoms with E-state index in [2.05, 4.69) is 9.88 Å². The standard InChI is InChI=1S/C24H28N4O3/c1-3-26(4-2)22(29)18-7-6-14-27(16-18)20-9-5-8-19-21(20)24(31)28(23(19)30)15-17-10-12-25-13-11-17/h5,8-13,18H,3-4,6-7,14-16H2,1-2H3/t18-/m1/s1. The maximum Gasteiger partial charge on any atom is 0.263 e. The third-order valence-electron chi connectivity index (χ3n) is 6.25. The van der Waals surface area contributed by atoms with Crippen LogP contribution >= 0.6 is 0 Å². The molecule has 0 spiro atoms. The fourth-order valence-corrected chi connectivity index (χ4v) is 4.58. The smallest absolute Gasteiger partial charge is 0.263 e. The fraction of sp³-hybridized carbons (Fsp3) is 0.417. The van der Waals surface area contributed by atoms with E-state index in [1.807, 2.05) is 30.9 Å². The Balaban J connectivity index is 1.59. The number of carbonyl (C=O) groups is 3. The van der Waals surface area contributed by atoms with Gasteiger partial charge in [-0.3, -0.25) is 24.3 Å². The van der Waals surface area contributed by atoms with Gasteiger partial charge in [0, 0.05) is 38.6 Å². The number of rotatable bonds is 6. The number of carbonyl (C=O) groups excluding carboxylic acids is 3. The van der Waals surface area contributed by atoms with Crippen LogP contribution in [0.15, 0.2) is 42.7 Å². The summed E-state index contributed by atoms with van der Waals surface area (Å²) in [7, 11) is 0. The van der Waals surface area contributed by atoms with E-state index >= 15 is 0 Å². The molecule has 0 aliphatic carbocycles. The van der Waals surface area contributed by atoms with Crippen LogP contribution in [0.25, 0.3) is 0 Å². The van der Waals surface area contributed by atoms with Crippen molar-refractivity contribution in [3.8, 4) is 0 Å². The number of aromatic nitrogens is 1. The van der Waals surface area contributed by atoms with Crippen molar-refractivity contribution >= 4 is 23.4 Å². The monoisotopic (exact) mass is 420 g/mol. The highest BCUT2D eigenvalue weighted by Crippen LogP contribution is 2.35. The summed E-state index contributed by atoms with van der Waals surface area (Å²) in [6.07, 6.45) is 5.03. The zero-order valence-corrected chi connectivity index (χ0v) is 18.1. The molecule has 3 heterocycles. The highest BCUT2D eigenvalue weighted by atomic mass is 16.2. The summed E-state index contributed by atoms with van der Waals surface area (Å²) in [5.41, 5.74) is 2.50. The first-order valence-corrected chi connectivity index (χ1v) is 11.0. The lowest BCUT2D eigenvalue weighted by Gasteiger charge is -2.36. The second kappa shape index (κ2) is 8.88. The molecule has 2 aromatic rings. The Morgan fingerprint density at radius 1 is 1.10 bits per heavy atom. The van der Waals surface area contributed by atoms with E-state index in [9.17, 15) is 14.4 Å². The van der Waals surface area contributed by atoms with Crippen LogP contribution in [0, 0.1) is 5.92 Å². The van der Waals surface area contributed by atoms with Crippen molar-refractivity contribution in [1.82, 2.24) is 14.8 Å². The number of fused-ring (bicyclic) bond motifs is 1. The molecule has 31 heavy (non-hydrogen) atoms. The maximum absolute atomic E-state index is 13.3. The van der Waals surface area contributed by atoms with Crippen LogP contribution in [0.3, 0.4) is 0 Å². The summed E-state index contributed by atoms with van der Waals surface area (Å²) in [6, 6.07) is 9.04. The van der Waals surface area contributed by atoms with Gasteiger partial charge in [-0.1, -0.05) is 6.07 Å². The number of anilines is 1. The van der Waals surface area contributed by atoms with Crippen molar-refractivity contribution in [2.24, 2.45) is 5.92 Å². The van der Waals surface area contributed by atoms with Gasteiger partial charge in [0.2, 0.25) is 5.91 Å². The molecule has 0 saturated carbocycles. The molecule has 4 rings (SSSR count). The Kier molecular flexibility index (Phi) is 6.02. The number of hydrogen-bond donors (Lipinski definition) is 0. The lowest BCUT2D eigenvalue weighted by atomic mass is 9.94. The first kappa shape index (κ1) is 21.0. The van der Waals surface area contributed by atoms with Crippen molar-refractivity contribution in [3.63, 3.8) is 0 Å². The number of amides is 3. The molecule has 0 radical (unpaired) electrons. The molecule has 1 fully saturated rings. The molecule has 1 aromatic carbocycles. The summed E-state index contributed by atoms with van der Waals surface area (Å²) >= 11 is 0. The van der Waals surface area contributed by atoms with E-state index in [1.165, 1.54) is 4.90 Å². The highest BCUT2D eigenvalue weighted by molar-refractivity contribution is 6.23. The van der Waals surface area contributed by atoms with Crippen LogP contribution in [0.5, 0.6) is 0 Å². The number of imide groups is 1. The Hall–Kier alpha value is -3.22. The normalized spacial score (nSPS) is 18.3. The van der Waals surface area contributed by atoms with Gasteiger partial charge in [0.15, 0.2) is 0 Å². The first-order chi connectivity index (χ1) is 15.0. The van der Waals surface area contributed by atoms with Crippen molar-refractivity contribution in [3.05, 3.63) is 59.4 Å². The van der Waals surface area contributed by atoms with Gasteiger partial charge in [0.05, 0.1) is 29.3 Å². The highest BCUT2D eigenvalue weighted by Gasteiger charge is 2.39. The first-order valence-electron chi connectivity index (χ1n) is 11.0. The molecule has 3 amide bonds. The number of piperidine rings is 1. The lowest BCUT2D eigenvalue weighted by Crippen LogP contribution is -2.45. The molecule has 7 nitrogen and oxygen atoms in total. The van der Waals surface area contributed by atoms with Crippen LogP contribution in [-0.4, -0.2) is 58.7 Å². The molecule has 1 aromatic heterocycles. The van der Waals surface area contributed by atoms with Gasteiger partial charge in [0.25, 0.3) is 11.8 Å². The van der Waals surface area contributed by atoms with E-state index in [-0.39, 0.29) is 30.2 Å². The van der Waals surface area contributed by atoms with E-state index in [1.54, 1.807) is 30.6 Å². The molecule has 1 atom stereocenters. The predicted molar refractivity (Wildman–Crippen MR) is 118 cm³/mol. The maximum atomic E-state index is 13.3. The lowest BCUT2D eigenvalue weighted by molar-refractivity contribution is -0.135. The Labute approximate surface area is 182 Å². The van der Waals surface area contributed by atoms with Crippen LogP contribution in [-0.2, 0) is 11.3 Å². The third-order valence-corrected chi connectivity index (χ3v) is 6.25. The van der Waals surface area contributed by atoms with Gasteiger partial charge >= 0.3 is 0 Å². The summed E-state index contributed by atoms with van der Waals surface area (Å²) in [5.74, 6) is -0.468. The average molecular weight is 421 g/mol. The quantitative estimate of drug-likeness (QED) is 0.672. The van der Waals surface area contributed by atoms with E-state index < -0.39 is 0 Å². The van der Waals surface area contributed by atoms with Gasteiger partial charge in [0.1, 0.15) is 0 Å². The van der Waals surface area contributed by atoms with Gasteiger partial charge in [-0.2, -0.15) is 0 Å². The summed E-state index contributed by atoms with van der Waals surface area (Å²) in [5, 5.41) is 0. The third kappa shape index (κ3) is 3.92. The SMILES string of the molecule is CCN(CC)C(=O)[C@@H]1CCCN(c2cccc3c2C(=O)N(Cc2ccncc2)C3=O)C1. The van der Waals surface area contributed by atoms with Crippen LogP contribution < -0.4 is 4.90 Å². The Morgan fingerprint density at radius 3 is 2.55 bits per heavy atom. The second-order valence-corrected chi connectivity index (χ2v) is 8.05. The minimum Gasteiger partial charge on any atom is -0.370 e. The predicted octanol–water partition coefficient (Wildman–Crippen LogP) is 2.96. The Bertz CT molecular complexity index is 988. The van der Waals surface area contributed by atoms with Crippen molar-refractivity contribution in [1.29, 1.82) is 0 Å². The van der Waals surface area contributed by atoms with E-state index in [0.717, 1.165) is 30.6 Å². The van der Waals surface area contributed by atoms with Crippen LogP contribution in [0.1, 0.15) is 53.0 Å². The summed E-state index contributed by atoms with van der Waals surface area (Å²) in [4.78, 5) is 48.4. The molecule has 7 heteroatoms. The van der Waals surface area contributed by atoms with E-state index in [0.29, 0.717) is 30.8 Å². The average Bonchev–Trinajstić information content (AvgIpc) is 3.05. The van der Waals surface area contributed by atoms with Crippen molar-refractivity contribution < 1.29 is 14.4 Å². The molecular formula is C24H28N4O3. The van der Waals surface area contributed by atoms with Gasteiger partial charge in [-0.05, 0) is 56.5 Å². The molecular weight excluding hydrogens is 392 g/mol.